The highest BCUT2D eigenvalue weighted by molar-refractivity contribution is 7.92. The van der Waals surface area contributed by atoms with E-state index >= 15 is 0 Å². The Morgan fingerprint density at radius 3 is 2.04 bits per heavy atom. The highest BCUT2D eigenvalue weighted by atomic mass is 32.2. The second-order valence-electron chi connectivity index (χ2n) is 5.79. The number of anilines is 1. The van der Waals surface area contributed by atoms with E-state index < -0.39 is 37.4 Å². The fourth-order valence-corrected chi connectivity index (χ4v) is 5.23. The summed E-state index contributed by atoms with van der Waals surface area (Å²) in [5.41, 5.74) is -0.529. The minimum atomic E-state index is -4.20. The molecule has 1 saturated heterocycles. The van der Waals surface area contributed by atoms with Gasteiger partial charge in [0, 0.05) is 13.1 Å². The molecule has 0 unspecified atom stereocenters. The summed E-state index contributed by atoms with van der Waals surface area (Å²) in [6.07, 6.45) is 1.57. The van der Waals surface area contributed by atoms with Crippen molar-refractivity contribution in [2.45, 2.75) is 22.6 Å². The summed E-state index contributed by atoms with van der Waals surface area (Å²) in [6.45, 7) is 0.867. The van der Waals surface area contributed by atoms with Crippen molar-refractivity contribution < 1.29 is 25.6 Å². The van der Waals surface area contributed by atoms with Gasteiger partial charge in [-0.25, -0.2) is 25.6 Å². The van der Waals surface area contributed by atoms with Crippen LogP contribution in [0.15, 0.2) is 52.3 Å². The maximum absolute atomic E-state index is 13.7. The summed E-state index contributed by atoms with van der Waals surface area (Å²) in [7, 11) is -7.86. The Morgan fingerprint density at radius 2 is 1.42 bits per heavy atom. The van der Waals surface area contributed by atoms with Crippen molar-refractivity contribution in [2.75, 3.05) is 17.8 Å². The van der Waals surface area contributed by atoms with Crippen molar-refractivity contribution >= 4 is 25.7 Å². The van der Waals surface area contributed by atoms with Gasteiger partial charge < -0.3 is 0 Å². The molecular formula is C16H16F2N2O4S2. The molecule has 1 fully saturated rings. The van der Waals surface area contributed by atoms with Crippen molar-refractivity contribution in [2.24, 2.45) is 0 Å². The molecule has 0 atom stereocenters. The van der Waals surface area contributed by atoms with Crippen molar-refractivity contribution in [3.8, 4) is 0 Å². The molecular weight excluding hydrogens is 386 g/mol. The molecule has 3 rings (SSSR count). The van der Waals surface area contributed by atoms with Gasteiger partial charge in [-0.1, -0.05) is 6.07 Å². The summed E-state index contributed by atoms with van der Waals surface area (Å²) >= 11 is 0. The van der Waals surface area contributed by atoms with E-state index in [2.05, 4.69) is 0 Å². The molecule has 0 spiro atoms. The highest BCUT2D eigenvalue weighted by Crippen LogP contribution is 2.24. The lowest BCUT2D eigenvalue weighted by Crippen LogP contribution is -2.27. The lowest BCUT2D eigenvalue weighted by molar-refractivity contribution is 0.477. The van der Waals surface area contributed by atoms with Gasteiger partial charge in [-0.15, -0.1) is 0 Å². The maximum atomic E-state index is 13.7. The van der Waals surface area contributed by atoms with Crippen LogP contribution in [0.5, 0.6) is 0 Å². The lowest BCUT2D eigenvalue weighted by Gasteiger charge is -2.15. The lowest BCUT2D eigenvalue weighted by atomic mass is 10.3. The number of halogens is 2. The standard InChI is InChI=1S/C16H16F2N2O4S2/c17-14-4-3-5-15(16(14)18)19-25(21,22)12-6-8-13(9-7-12)26(23,24)20-10-1-2-11-20/h3-9,19H,1-2,10-11H2. The van der Waals surface area contributed by atoms with Crippen molar-refractivity contribution in [3.05, 3.63) is 54.1 Å². The third kappa shape index (κ3) is 3.57. The number of hydrogen-bond acceptors (Lipinski definition) is 4. The Bertz CT molecular complexity index is 1020. The molecule has 1 aliphatic rings. The Labute approximate surface area is 150 Å². The van der Waals surface area contributed by atoms with Crippen LogP contribution in [0.4, 0.5) is 14.5 Å². The maximum Gasteiger partial charge on any atom is 0.261 e. The molecule has 26 heavy (non-hydrogen) atoms. The minimum absolute atomic E-state index is 0.0183. The minimum Gasteiger partial charge on any atom is -0.277 e. The van der Waals surface area contributed by atoms with Crippen LogP contribution in [0, 0.1) is 11.6 Å². The Morgan fingerprint density at radius 1 is 0.846 bits per heavy atom. The van der Waals surface area contributed by atoms with Crippen LogP contribution in [-0.4, -0.2) is 34.2 Å². The number of benzene rings is 2. The predicted molar refractivity (Wildman–Crippen MR) is 91.6 cm³/mol. The summed E-state index contributed by atoms with van der Waals surface area (Å²) < 4.78 is 79.7. The molecule has 2 aromatic rings. The van der Waals surface area contributed by atoms with Gasteiger partial charge in [0.15, 0.2) is 11.6 Å². The molecule has 6 nitrogen and oxygen atoms in total. The molecule has 1 N–H and O–H groups in total. The summed E-state index contributed by atoms with van der Waals surface area (Å²) in [5, 5.41) is 0. The SMILES string of the molecule is O=S(=O)(Nc1cccc(F)c1F)c1ccc(S(=O)(=O)N2CCCC2)cc1. The molecule has 0 amide bonds. The molecule has 140 valence electrons. The summed E-state index contributed by atoms with van der Waals surface area (Å²) in [5.74, 6) is -2.50. The molecule has 1 heterocycles. The van der Waals surface area contributed by atoms with Crippen LogP contribution in [0.3, 0.4) is 0 Å². The average Bonchev–Trinajstić information content (AvgIpc) is 3.14. The first-order valence-electron chi connectivity index (χ1n) is 7.79. The van der Waals surface area contributed by atoms with Crippen molar-refractivity contribution in [3.63, 3.8) is 0 Å². The third-order valence-corrected chi connectivity index (χ3v) is 7.33. The quantitative estimate of drug-likeness (QED) is 0.833. The number of nitrogens with one attached hydrogen (secondary N) is 1. The van der Waals surface area contributed by atoms with E-state index in [-0.39, 0.29) is 9.79 Å². The zero-order valence-electron chi connectivity index (χ0n) is 13.5. The van der Waals surface area contributed by atoms with Gasteiger partial charge in [0.1, 0.15) is 0 Å². The van der Waals surface area contributed by atoms with Gasteiger partial charge in [-0.05, 0) is 49.2 Å². The van der Waals surface area contributed by atoms with Crippen LogP contribution in [0.25, 0.3) is 0 Å². The molecule has 0 bridgehead atoms. The van der Waals surface area contributed by atoms with Gasteiger partial charge in [0.25, 0.3) is 10.0 Å². The van der Waals surface area contributed by atoms with Gasteiger partial charge >= 0.3 is 0 Å². The van der Waals surface area contributed by atoms with E-state index in [4.69, 9.17) is 0 Å². The first kappa shape index (κ1) is 18.7. The van der Waals surface area contributed by atoms with Crippen LogP contribution in [0.1, 0.15) is 12.8 Å². The number of hydrogen-bond donors (Lipinski definition) is 1. The van der Waals surface area contributed by atoms with Crippen molar-refractivity contribution in [1.29, 1.82) is 0 Å². The van der Waals surface area contributed by atoms with E-state index in [1.165, 1.54) is 22.5 Å². The second-order valence-corrected chi connectivity index (χ2v) is 9.41. The Balaban J connectivity index is 1.86. The third-order valence-electron chi connectivity index (χ3n) is 4.03. The fraction of sp³-hybridized carbons (Fsp3) is 0.250. The topological polar surface area (TPSA) is 83.5 Å². The van der Waals surface area contributed by atoms with Crippen LogP contribution in [-0.2, 0) is 20.0 Å². The van der Waals surface area contributed by atoms with E-state index in [0.29, 0.717) is 13.1 Å². The van der Waals surface area contributed by atoms with Gasteiger partial charge in [0.05, 0.1) is 15.5 Å². The molecule has 2 aromatic carbocycles. The highest BCUT2D eigenvalue weighted by Gasteiger charge is 2.27. The molecule has 0 saturated carbocycles. The van der Waals surface area contributed by atoms with Crippen LogP contribution < -0.4 is 4.72 Å². The number of sulfonamides is 2. The Kier molecular flexibility index (Phi) is 5.00. The van der Waals surface area contributed by atoms with E-state index in [1.54, 1.807) is 0 Å². The molecule has 10 heteroatoms. The van der Waals surface area contributed by atoms with E-state index in [9.17, 15) is 25.6 Å². The Hall–Kier alpha value is -2.04. The first-order chi connectivity index (χ1) is 12.2. The van der Waals surface area contributed by atoms with Gasteiger partial charge in [0.2, 0.25) is 10.0 Å². The number of nitrogens with zero attached hydrogens (tertiary/aromatic N) is 1. The molecule has 0 aromatic heterocycles. The van der Waals surface area contributed by atoms with Gasteiger partial charge in [-0.3, -0.25) is 4.72 Å². The number of rotatable bonds is 5. The van der Waals surface area contributed by atoms with Gasteiger partial charge in [-0.2, -0.15) is 4.31 Å². The zero-order valence-corrected chi connectivity index (χ0v) is 15.2. The summed E-state index contributed by atoms with van der Waals surface area (Å²) in [6, 6.07) is 7.72. The smallest absolute Gasteiger partial charge is 0.261 e. The van der Waals surface area contributed by atoms with Crippen LogP contribution in [0.2, 0.25) is 0 Å². The van der Waals surface area contributed by atoms with E-state index in [0.717, 1.165) is 37.1 Å². The largest absolute Gasteiger partial charge is 0.277 e. The molecule has 0 radical (unpaired) electrons. The summed E-state index contributed by atoms with van der Waals surface area (Å²) in [4.78, 5) is -0.281. The second kappa shape index (κ2) is 6.93. The van der Waals surface area contributed by atoms with Crippen LogP contribution >= 0.6 is 0 Å². The molecule has 0 aliphatic carbocycles. The average molecular weight is 402 g/mol. The monoisotopic (exact) mass is 402 g/mol. The normalized spacial score (nSPS) is 15.9. The molecule has 1 aliphatic heterocycles. The van der Waals surface area contributed by atoms with E-state index in [1.807, 2.05) is 4.72 Å². The predicted octanol–water partition coefficient (Wildman–Crippen LogP) is 2.55. The van der Waals surface area contributed by atoms with Crippen molar-refractivity contribution in [1.82, 2.24) is 4.31 Å². The first-order valence-corrected chi connectivity index (χ1v) is 10.7. The zero-order chi connectivity index (χ0) is 18.9. The fourth-order valence-electron chi connectivity index (χ4n) is 2.65.